The third-order valence-electron chi connectivity index (χ3n) is 5.65. The fourth-order valence-corrected chi connectivity index (χ4v) is 4.99. The van der Waals surface area contributed by atoms with Crippen molar-refractivity contribution >= 4 is 58.0 Å². The van der Waals surface area contributed by atoms with Gasteiger partial charge < -0.3 is 10.6 Å². The Morgan fingerprint density at radius 3 is 2.05 bits per heavy atom. The molecule has 38 heavy (non-hydrogen) atoms. The van der Waals surface area contributed by atoms with E-state index in [1.807, 2.05) is 54.6 Å². The van der Waals surface area contributed by atoms with E-state index in [2.05, 4.69) is 20.9 Å². The highest BCUT2D eigenvalue weighted by Gasteiger charge is 2.40. The summed E-state index contributed by atoms with van der Waals surface area (Å²) in [6.07, 6.45) is 0.0884. The molecule has 0 unspecified atom stereocenters. The van der Waals surface area contributed by atoms with Crippen molar-refractivity contribution < 1.29 is 14.4 Å². The SMILES string of the molecule is O=C(Nc1ccccc1)Nc1cccc(S[C@H]2CC(=O)N(c3ccc(N=Nc4ccccc4)cc3)C2=O)c1. The molecule has 1 fully saturated rings. The first-order valence-corrected chi connectivity index (χ1v) is 12.8. The van der Waals surface area contributed by atoms with Crippen LogP contribution in [0.25, 0.3) is 0 Å². The van der Waals surface area contributed by atoms with E-state index in [0.29, 0.717) is 22.7 Å². The minimum absolute atomic E-state index is 0.0884. The third-order valence-corrected chi connectivity index (χ3v) is 6.83. The summed E-state index contributed by atoms with van der Waals surface area (Å²) in [6, 6.07) is 32.1. The van der Waals surface area contributed by atoms with E-state index in [-0.39, 0.29) is 24.3 Å². The number of nitrogens with one attached hydrogen (secondary N) is 2. The van der Waals surface area contributed by atoms with E-state index in [9.17, 15) is 14.4 Å². The molecule has 0 aliphatic carbocycles. The van der Waals surface area contributed by atoms with E-state index in [1.165, 1.54) is 16.7 Å². The number of amides is 4. The van der Waals surface area contributed by atoms with Crippen molar-refractivity contribution in [3.8, 4) is 0 Å². The van der Waals surface area contributed by atoms with Crippen molar-refractivity contribution in [3.05, 3.63) is 109 Å². The molecule has 0 bridgehead atoms. The highest BCUT2D eigenvalue weighted by molar-refractivity contribution is 8.00. The fraction of sp³-hybridized carbons (Fsp3) is 0.0690. The molecule has 1 heterocycles. The Labute approximate surface area is 223 Å². The number of urea groups is 1. The Balaban J connectivity index is 1.21. The quantitative estimate of drug-likeness (QED) is 0.199. The summed E-state index contributed by atoms with van der Waals surface area (Å²) in [5.74, 6) is -0.540. The van der Waals surface area contributed by atoms with E-state index >= 15 is 0 Å². The second-order valence-electron chi connectivity index (χ2n) is 8.40. The zero-order valence-electron chi connectivity index (χ0n) is 20.2. The number of para-hydroxylation sites is 1. The van der Waals surface area contributed by atoms with Gasteiger partial charge in [-0.1, -0.05) is 42.5 Å². The number of hydrogen-bond donors (Lipinski definition) is 2. The van der Waals surface area contributed by atoms with Crippen LogP contribution in [0.15, 0.2) is 124 Å². The maximum absolute atomic E-state index is 13.1. The molecule has 0 spiro atoms. The van der Waals surface area contributed by atoms with Crippen molar-refractivity contribution in [1.29, 1.82) is 0 Å². The van der Waals surface area contributed by atoms with Crippen molar-refractivity contribution in [2.45, 2.75) is 16.6 Å². The standard InChI is InChI=1S/C29H23N5O3S/c35-27-19-26(38-25-13-7-12-23(18-25)31-29(37)30-20-8-3-1-4-9-20)28(36)34(27)24-16-14-22(15-17-24)33-32-21-10-5-2-6-11-21/h1-18,26H,19H2,(H2,30,31,37)/t26-/m0/s1. The summed E-state index contributed by atoms with van der Waals surface area (Å²) in [7, 11) is 0. The van der Waals surface area contributed by atoms with Gasteiger partial charge in [-0.05, 0) is 66.7 Å². The van der Waals surface area contributed by atoms with Gasteiger partial charge in [0.05, 0.1) is 22.3 Å². The Morgan fingerprint density at radius 2 is 1.34 bits per heavy atom. The van der Waals surface area contributed by atoms with Gasteiger partial charge in [-0.3, -0.25) is 9.59 Å². The molecule has 1 aliphatic heterocycles. The highest BCUT2D eigenvalue weighted by Crippen LogP contribution is 2.35. The van der Waals surface area contributed by atoms with Crippen LogP contribution in [-0.2, 0) is 9.59 Å². The topological polar surface area (TPSA) is 103 Å². The molecule has 1 aliphatic rings. The Hall–Kier alpha value is -4.76. The molecule has 1 saturated heterocycles. The number of imide groups is 1. The monoisotopic (exact) mass is 521 g/mol. The molecule has 5 rings (SSSR count). The Bertz CT molecular complexity index is 1480. The first-order chi connectivity index (χ1) is 18.5. The summed E-state index contributed by atoms with van der Waals surface area (Å²) in [5.41, 5.74) is 3.10. The first-order valence-electron chi connectivity index (χ1n) is 11.9. The molecule has 188 valence electrons. The summed E-state index contributed by atoms with van der Waals surface area (Å²) in [5, 5.41) is 13.4. The van der Waals surface area contributed by atoms with Crippen LogP contribution in [0.3, 0.4) is 0 Å². The number of thioether (sulfide) groups is 1. The third kappa shape index (κ3) is 6.13. The predicted octanol–water partition coefficient (Wildman–Crippen LogP) is 7.17. The molecule has 1 atom stereocenters. The average molecular weight is 522 g/mol. The summed E-state index contributed by atoms with van der Waals surface area (Å²) < 4.78 is 0. The van der Waals surface area contributed by atoms with Gasteiger partial charge in [-0.15, -0.1) is 11.8 Å². The maximum atomic E-state index is 13.1. The maximum Gasteiger partial charge on any atom is 0.323 e. The van der Waals surface area contributed by atoms with Crippen LogP contribution in [0.2, 0.25) is 0 Å². The number of hydrogen-bond acceptors (Lipinski definition) is 6. The van der Waals surface area contributed by atoms with Crippen LogP contribution < -0.4 is 15.5 Å². The Kier molecular flexibility index (Phi) is 7.56. The van der Waals surface area contributed by atoms with Gasteiger partial charge in [-0.2, -0.15) is 10.2 Å². The zero-order chi connectivity index (χ0) is 26.3. The highest BCUT2D eigenvalue weighted by atomic mass is 32.2. The molecular formula is C29H23N5O3S. The number of carbonyl (C=O) groups is 3. The first kappa shape index (κ1) is 24.9. The number of anilines is 3. The van der Waals surface area contributed by atoms with E-state index < -0.39 is 5.25 Å². The minimum atomic E-state index is -0.562. The smallest absolute Gasteiger partial charge is 0.308 e. The molecule has 4 aromatic carbocycles. The van der Waals surface area contributed by atoms with Gasteiger partial charge in [0.15, 0.2) is 0 Å². The lowest BCUT2D eigenvalue weighted by molar-refractivity contribution is -0.121. The molecule has 2 N–H and O–H groups in total. The van der Waals surface area contributed by atoms with Crippen LogP contribution in [0.5, 0.6) is 0 Å². The second kappa shape index (κ2) is 11.5. The molecule has 8 nitrogen and oxygen atoms in total. The fourth-order valence-electron chi connectivity index (χ4n) is 3.87. The summed E-state index contributed by atoms with van der Waals surface area (Å²) in [6.45, 7) is 0. The summed E-state index contributed by atoms with van der Waals surface area (Å²) >= 11 is 1.30. The van der Waals surface area contributed by atoms with Crippen LogP contribution in [-0.4, -0.2) is 23.1 Å². The molecule has 9 heteroatoms. The van der Waals surface area contributed by atoms with Crippen LogP contribution in [0.1, 0.15) is 6.42 Å². The van der Waals surface area contributed by atoms with E-state index in [4.69, 9.17) is 0 Å². The number of benzene rings is 4. The summed E-state index contributed by atoms with van der Waals surface area (Å²) in [4.78, 5) is 40.2. The molecule has 4 aromatic rings. The molecular weight excluding hydrogens is 498 g/mol. The molecule has 0 saturated carbocycles. The minimum Gasteiger partial charge on any atom is -0.308 e. The number of azo groups is 1. The van der Waals surface area contributed by atoms with Gasteiger partial charge in [0, 0.05) is 22.7 Å². The van der Waals surface area contributed by atoms with Crippen molar-refractivity contribution in [2.24, 2.45) is 10.2 Å². The van der Waals surface area contributed by atoms with Gasteiger partial charge in [-0.25, -0.2) is 9.69 Å². The van der Waals surface area contributed by atoms with Crippen molar-refractivity contribution in [2.75, 3.05) is 15.5 Å². The average Bonchev–Trinajstić information content (AvgIpc) is 3.21. The van der Waals surface area contributed by atoms with Crippen molar-refractivity contribution in [3.63, 3.8) is 0 Å². The van der Waals surface area contributed by atoms with E-state index in [0.717, 1.165) is 10.6 Å². The number of carbonyl (C=O) groups excluding carboxylic acids is 3. The lowest BCUT2D eigenvalue weighted by Crippen LogP contribution is -2.31. The van der Waals surface area contributed by atoms with Gasteiger partial charge in [0.2, 0.25) is 11.8 Å². The second-order valence-corrected chi connectivity index (χ2v) is 9.68. The lowest BCUT2D eigenvalue weighted by atomic mass is 10.2. The van der Waals surface area contributed by atoms with Crippen LogP contribution >= 0.6 is 11.8 Å². The number of rotatable bonds is 7. The van der Waals surface area contributed by atoms with Crippen LogP contribution in [0.4, 0.5) is 33.2 Å². The Morgan fingerprint density at radius 1 is 0.737 bits per heavy atom. The largest absolute Gasteiger partial charge is 0.323 e. The van der Waals surface area contributed by atoms with E-state index in [1.54, 1.807) is 54.6 Å². The zero-order valence-corrected chi connectivity index (χ0v) is 21.0. The number of nitrogens with zero attached hydrogens (tertiary/aromatic N) is 3. The normalized spacial score (nSPS) is 15.2. The predicted molar refractivity (Wildman–Crippen MR) is 149 cm³/mol. The lowest BCUT2D eigenvalue weighted by Gasteiger charge is -2.15. The molecule has 0 radical (unpaired) electrons. The molecule has 4 amide bonds. The van der Waals surface area contributed by atoms with Gasteiger partial charge >= 0.3 is 6.03 Å². The van der Waals surface area contributed by atoms with Gasteiger partial charge in [0.1, 0.15) is 0 Å². The van der Waals surface area contributed by atoms with Gasteiger partial charge in [0.25, 0.3) is 0 Å². The van der Waals surface area contributed by atoms with Crippen molar-refractivity contribution in [1.82, 2.24) is 0 Å². The molecule has 0 aromatic heterocycles. The van der Waals surface area contributed by atoms with Crippen LogP contribution in [0, 0.1) is 0 Å².